The van der Waals surface area contributed by atoms with Gasteiger partial charge in [0.05, 0.1) is 0 Å². The highest BCUT2D eigenvalue weighted by molar-refractivity contribution is 6.15. The van der Waals surface area contributed by atoms with Crippen molar-refractivity contribution in [1.29, 1.82) is 0 Å². The first-order chi connectivity index (χ1) is 11.9. The highest BCUT2D eigenvalue weighted by atomic mass is 16.3. The van der Waals surface area contributed by atoms with Gasteiger partial charge in [-0.15, -0.1) is 0 Å². The fraction of sp³-hybridized carbons (Fsp3) is 0.263. The Labute approximate surface area is 145 Å². The SMILES string of the molecule is CCCCNC(=O)c1c(O)cc(O)c(C(=O)c2ccccc2C)c1O. The second-order valence-corrected chi connectivity index (χ2v) is 5.77. The van der Waals surface area contributed by atoms with Gasteiger partial charge >= 0.3 is 0 Å². The van der Waals surface area contributed by atoms with Gasteiger partial charge in [-0.3, -0.25) is 9.59 Å². The van der Waals surface area contributed by atoms with Gasteiger partial charge in [0.25, 0.3) is 5.91 Å². The predicted octanol–water partition coefficient (Wildman–Crippen LogP) is 2.87. The largest absolute Gasteiger partial charge is 0.507 e. The van der Waals surface area contributed by atoms with Crippen molar-refractivity contribution in [2.24, 2.45) is 0 Å². The molecule has 0 fully saturated rings. The van der Waals surface area contributed by atoms with E-state index >= 15 is 0 Å². The molecule has 0 aromatic heterocycles. The smallest absolute Gasteiger partial charge is 0.258 e. The van der Waals surface area contributed by atoms with E-state index in [1.54, 1.807) is 31.2 Å². The molecule has 2 rings (SSSR count). The molecule has 0 saturated carbocycles. The number of hydrogen-bond donors (Lipinski definition) is 4. The summed E-state index contributed by atoms with van der Waals surface area (Å²) in [5, 5.41) is 32.9. The first-order valence-electron chi connectivity index (χ1n) is 8.04. The summed E-state index contributed by atoms with van der Waals surface area (Å²) in [7, 11) is 0. The number of carbonyl (C=O) groups is 2. The van der Waals surface area contributed by atoms with Crippen LogP contribution < -0.4 is 5.32 Å². The van der Waals surface area contributed by atoms with Crippen molar-refractivity contribution in [2.45, 2.75) is 26.7 Å². The molecule has 0 spiro atoms. The number of carbonyl (C=O) groups excluding carboxylic acids is 2. The van der Waals surface area contributed by atoms with Crippen molar-refractivity contribution in [2.75, 3.05) is 6.54 Å². The number of rotatable bonds is 6. The second-order valence-electron chi connectivity index (χ2n) is 5.77. The Morgan fingerprint density at radius 1 is 1.04 bits per heavy atom. The summed E-state index contributed by atoms with van der Waals surface area (Å²) in [5.41, 5.74) is 0.114. The Kier molecular flexibility index (Phi) is 5.64. The third kappa shape index (κ3) is 3.74. The van der Waals surface area contributed by atoms with Crippen LogP contribution in [0, 0.1) is 6.92 Å². The third-order valence-corrected chi connectivity index (χ3v) is 3.92. The van der Waals surface area contributed by atoms with Crippen LogP contribution in [-0.2, 0) is 0 Å². The number of ketones is 1. The van der Waals surface area contributed by atoms with Gasteiger partial charge in [-0.25, -0.2) is 0 Å². The predicted molar refractivity (Wildman–Crippen MR) is 93.3 cm³/mol. The number of aromatic hydroxyl groups is 3. The summed E-state index contributed by atoms with van der Waals surface area (Å²) >= 11 is 0. The van der Waals surface area contributed by atoms with E-state index in [2.05, 4.69) is 5.32 Å². The Balaban J connectivity index is 2.49. The number of phenols is 3. The summed E-state index contributed by atoms with van der Waals surface area (Å²) in [4.78, 5) is 24.9. The van der Waals surface area contributed by atoms with E-state index < -0.39 is 40.1 Å². The Morgan fingerprint density at radius 2 is 1.68 bits per heavy atom. The minimum atomic E-state index is -0.736. The number of amides is 1. The molecule has 0 heterocycles. The molecular formula is C19H21NO5. The fourth-order valence-corrected chi connectivity index (χ4v) is 2.52. The standard InChI is InChI=1S/C19H21NO5/c1-3-4-9-20-19(25)16-14(22)10-13(21)15(18(16)24)17(23)12-8-6-5-7-11(12)2/h5-8,10,21-22,24H,3-4,9H2,1-2H3,(H,20,25). The van der Waals surface area contributed by atoms with E-state index in [0.717, 1.165) is 18.9 Å². The van der Waals surface area contributed by atoms with Crippen LogP contribution in [0.4, 0.5) is 0 Å². The van der Waals surface area contributed by atoms with Crippen molar-refractivity contribution in [1.82, 2.24) is 5.32 Å². The number of unbranched alkanes of at least 4 members (excludes halogenated alkanes) is 1. The number of hydrogen-bond acceptors (Lipinski definition) is 5. The van der Waals surface area contributed by atoms with E-state index in [4.69, 9.17) is 0 Å². The number of nitrogens with one attached hydrogen (secondary N) is 1. The van der Waals surface area contributed by atoms with Crippen LogP contribution in [0.3, 0.4) is 0 Å². The molecule has 2 aromatic rings. The molecule has 6 heteroatoms. The number of phenolic OH excluding ortho intramolecular Hbond substituents is 3. The topological polar surface area (TPSA) is 107 Å². The maximum atomic E-state index is 12.7. The zero-order chi connectivity index (χ0) is 18.6. The van der Waals surface area contributed by atoms with Gasteiger partial charge in [-0.1, -0.05) is 37.6 Å². The van der Waals surface area contributed by atoms with Gasteiger partial charge in [0.1, 0.15) is 28.4 Å². The van der Waals surface area contributed by atoms with Gasteiger partial charge < -0.3 is 20.6 Å². The lowest BCUT2D eigenvalue weighted by atomic mass is 9.95. The number of aryl methyl sites for hydroxylation is 1. The van der Waals surface area contributed by atoms with Gasteiger partial charge in [-0.05, 0) is 18.9 Å². The molecule has 1 amide bonds. The molecule has 0 aliphatic rings. The molecule has 0 radical (unpaired) electrons. The van der Waals surface area contributed by atoms with Crippen molar-refractivity contribution in [3.63, 3.8) is 0 Å². The lowest BCUT2D eigenvalue weighted by Crippen LogP contribution is -2.25. The minimum absolute atomic E-state index is 0.288. The van der Waals surface area contributed by atoms with Crippen LogP contribution in [0.5, 0.6) is 17.2 Å². The first kappa shape index (κ1) is 18.3. The molecule has 0 saturated heterocycles. The monoisotopic (exact) mass is 343 g/mol. The summed E-state index contributed by atoms with van der Waals surface area (Å²) in [6.07, 6.45) is 1.60. The van der Waals surface area contributed by atoms with Crippen LogP contribution >= 0.6 is 0 Å². The average Bonchev–Trinajstić information content (AvgIpc) is 2.54. The molecule has 0 atom stereocenters. The molecule has 0 bridgehead atoms. The Hall–Kier alpha value is -3.02. The molecule has 0 aliphatic carbocycles. The van der Waals surface area contributed by atoms with Gasteiger partial charge in [-0.2, -0.15) is 0 Å². The molecule has 4 N–H and O–H groups in total. The zero-order valence-electron chi connectivity index (χ0n) is 14.2. The second kappa shape index (κ2) is 7.70. The van der Waals surface area contributed by atoms with E-state index in [1.807, 2.05) is 6.92 Å². The molecule has 0 aliphatic heterocycles. The van der Waals surface area contributed by atoms with E-state index in [9.17, 15) is 24.9 Å². The minimum Gasteiger partial charge on any atom is -0.507 e. The van der Waals surface area contributed by atoms with Gasteiger partial charge in [0, 0.05) is 18.2 Å². The summed E-state index contributed by atoms with van der Waals surface area (Å²) in [5.74, 6) is -3.25. The summed E-state index contributed by atoms with van der Waals surface area (Å²) in [6, 6.07) is 7.59. The number of benzene rings is 2. The highest BCUT2D eigenvalue weighted by Crippen LogP contribution is 2.38. The average molecular weight is 343 g/mol. The molecule has 6 nitrogen and oxygen atoms in total. The van der Waals surface area contributed by atoms with Crippen molar-refractivity contribution >= 4 is 11.7 Å². The third-order valence-electron chi connectivity index (χ3n) is 3.92. The maximum absolute atomic E-state index is 12.7. The molecular weight excluding hydrogens is 322 g/mol. The lowest BCUT2D eigenvalue weighted by Gasteiger charge is -2.14. The van der Waals surface area contributed by atoms with Crippen LogP contribution in [0.25, 0.3) is 0 Å². The summed E-state index contributed by atoms with van der Waals surface area (Å²) in [6.45, 7) is 4.05. The molecule has 132 valence electrons. The van der Waals surface area contributed by atoms with Crippen LogP contribution in [0.2, 0.25) is 0 Å². The fourth-order valence-electron chi connectivity index (χ4n) is 2.52. The van der Waals surface area contributed by atoms with Crippen LogP contribution in [0.15, 0.2) is 30.3 Å². The highest BCUT2D eigenvalue weighted by Gasteiger charge is 2.27. The molecule has 25 heavy (non-hydrogen) atoms. The van der Waals surface area contributed by atoms with Gasteiger partial charge in [0.15, 0.2) is 0 Å². The van der Waals surface area contributed by atoms with Crippen molar-refractivity contribution in [3.05, 3.63) is 52.6 Å². The zero-order valence-corrected chi connectivity index (χ0v) is 14.2. The quantitative estimate of drug-likeness (QED) is 0.477. The van der Waals surface area contributed by atoms with Gasteiger partial charge in [0.2, 0.25) is 5.78 Å². The summed E-state index contributed by atoms with van der Waals surface area (Å²) < 4.78 is 0. The molecule has 0 unspecified atom stereocenters. The van der Waals surface area contributed by atoms with E-state index in [0.29, 0.717) is 12.1 Å². The maximum Gasteiger partial charge on any atom is 0.258 e. The van der Waals surface area contributed by atoms with E-state index in [1.165, 1.54) is 0 Å². The Bertz CT molecular complexity index is 814. The Morgan fingerprint density at radius 3 is 2.32 bits per heavy atom. The van der Waals surface area contributed by atoms with Crippen molar-refractivity contribution < 1.29 is 24.9 Å². The lowest BCUT2D eigenvalue weighted by molar-refractivity contribution is 0.0947. The van der Waals surface area contributed by atoms with Crippen molar-refractivity contribution in [3.8, 4) is 17.2 Å². The van der Waals surface area contributed by atoms with Crippen LogP contribution in [0.1, 0.15) is 51.6 Å². The van der Waals surface area contributed by atoms with Crippen LogP contribution in [-0.4, -0.2) is 33.6 Å². The first-order valence-corrected chi connectivity index (χ1v) is 8.04. The molecule has 2 aromatic carbocycles. The van der Waals surface area contributed by atoms with E-state index in [-0.39, 0.29) is 5.56 Å². The normalized spacial score (nSPS) is 10.5.